The smallest absolute Gasteiger partial charge is 0.329 e. The molecule has 0 bridgehead atoms. The number of hydrogen-bond donors (Lipinski definition) is 4. The van der Waals surface area contributed by atoms with Crippen LogP contribution in [-0.4, -0.2) is 32.2 Å². The van der Waals surface area contributed by atoms with E-state index in [2.05, 4.69) is 5.32 Å². The summed E-state index contributed by atoms with van der Waals surface area (Å²) in [5.74, 6) is 1.05. The molecule has 1 unspecified atom stereocenters. The van der Waals surface area contributed by atoms with Gasteiger partial charge in [0.1, 0.15) is 28.4 Å². The van der Waals surface area contributed by atoms with Gasteiger partial charge in [-0.05, 0) is 73.9 Å². The molecule has 0 heterocycles. The summed E-state index contributed by atoms with van der Waals surface area (Å²) in [6.07, 6.45) is -1.42. The molecule has 35 heavy (non-hydrogen) atoms. The molecule has 1 atom stereocenters. The summed E-state index contributed by atoms with van der Waals surface area (Å²) in [4.78, 5) is 11.9. The largest absolute Gasteiger partial charge is 0.497 e. The second-order valence-electron chi connectivity index (χ2n) is 8.82. The van der Waals surface area contributed by atoms with Crippen LogP contribution in [0.25, 0.3) is 11.1 Å². The van der Waals surface area contributed by atoms with Gasteiger partial charge in [0.2, 0.25) is 0 Å². The molecule has 9 nitrogen and oxygen atoms in total. The highest BCUT2D eigenvalue weighted by atomic mass is 32.2. The molecule has 0 aliphatic heterocycles. The number of carbonyl (C=O) groups is 1. The molecule has 0 saturated heterocycles. The lowest BCUT2D eigenvalue weighted by Gasteiger charge is -2.21. The molecule has 3 rings (SSSR count). The molecular formula is C25H29N3O6S. The van der Waals surface area contributed by atoms with Gasteiger partial charge in [-0.3, -0.25) is 0 Å². The highest BCUT2D eigenvalue weighted by Gasteiger charge is 2.26. The third-order valence-corrected chi connectivity index (χ3v) is 6.15. The van der Waals surface area contributed by atoms with Crippen LogP contribution in [0.5, 0.6) is 17.2 Å². The number of hydrogen-bond acceptors (Lipinski definition) is 7. The summed E-state index contributed by atoms with van der Waals surface area (Å²) in [5, 5.41) is 12.3. The van der Waals surface area contributed by atoms with E-state index in [1.54, 1.807) is 46.1 Å². The Morgan fingerprint density at radius 3 is 2.26 bits per heavy atom. The maximum atomic E-state index is 13.1. The Morgan fingerprint density at radius 2 is 1.66 bits per heavy atom. The first-order valence-electron chi connectivity index (χ1n) is 10.7. The first kappa shape index (κ1) is 26.0. The zero-order valence-electron chi connectivity index (χ0n) is 19.9. The molecule has 0 radical (unpaired) electrons. The summed E-state index contributed by atoms with van der Waals surface area (Å²) in [7, 11) is -2.79. The molecule has 5 N–H and O–H groups in total. The van der Waals surface area contributed by atoms with Crippen LogP contribution in [0.3, 0.4) is 0 Å². The van der Waals surface area contributed by atoms with E-state index in [1.807, 2.05) is 35.1 Å². The van der Waals surface area contributed by atoms with E-state index in [1.165, 1.54) is 18.2 Å². The van der Waals surface area contributed by atoms with Gasteiger partial charge in [-0.1, -0.05) is 30.3 Å². The summed E-state index contributed by atoms with van der Waals surface area (Å²) < 4.78 is 39.2. The Labute approximate surface area is 204 Å². The number of rotatable bonds is 7. The van der Waals surface area contributed by atoms with Crippen LogP contribution >= 0.6 is 0 Å². The number of benzene rings is 3. The number of sulfonamides is 1. The average molecular weight is 500 g/mol. The molecule has 0 saturated carbocycles. The van der Waals surface area contributed by atoms with Crippen molar-refractivity contribution >= 4 is 16.1 Å². The molecule has 3 aromatic carbocycles. The molecule has 0 spiro atoms. The van der Waals surface area contributed by atoms with Crippen LogP contribution < -0.4 is 25.2 Å². The van der Waals surface area contributed by atoms with Crippen molar-refractivity contribution in [3.63, 3.8) is 0 Å². The van der Waals surface area contributed by atoms with Gasteiger partial charge >= 0.3 is 6.03 Å². The van der Waals surface area contributed by atoms with Crippen molar-refractivity contribution in [2.24, 2.45) is 5.73 Å². The molecule has 186 valence electrons. The quantitative estimate of drug-likeness (QED) is 0.362. The molecule has 0 fully saturated rings. The third-order valence-electron chi connectivity index (χ3n) is 4.80. The Balaban J connectivity index is 1.96. The lowest BCUT2D eigenvalue weighted by Crippen LogP contribution is -2.48. The van der Waals surface area contributed by atoms with Gasteiger partial charge in [0, 0.05) is 5.54 Å². The Morgan fingerprint density at radius 1 is 0.971 bits per heavy atom. The zero-order valence-corrected chi connectivity index (χ0v) is 20.7. The number of nitrogens with one attached hydrogen (secondary N) is 2. The second kappa shape index (κ2) is 10.3. The van der Waals surface area contributed by atoms with Gasteiger partial charge in [-0.15, -0.1) is 0 Å². The number of carbonyl (C=O) groups excluding carboxylic acids is 1. The van der Waals surface area contributed by atoms with Gasteiger partial charge in [-0.25, -0.2) is 17.9 Å². The minimum absolute atomic E-state index is 0.0441. The van der Waals surface area contributed by atoms with E-state index in [0.29, 0.717) is 5.75 Å². The summed E-state index contributed by atoms with van der Waals surface area (Å²) >= 11 is 0. The van der Waals surface area contributed by atoms with Crippen molar-refractivity contribution in [2.45, 2.75) is 37.4 Å². The maximum Gasteiger partial charge on any atom is 0.329 e. The van der Waals surface area contributed by atoms with Crippen LogP contribution in [-0.2, 0) is 10.0 Å². The lowest BCUT2D eigenvalue weighted by atomic mass is 10.1. The van der Waals surface area contributed by atoms with E-state index < -0.39 is 27.8 Å². The Hall–Kier alpha value is -3.60. The molecule has 0 aliphatic rings. The van der Waals surface area contributed by atoms with Crippen LogP contribution in [0.1, 0.15) is 32.6 Å². The maximum absolute atomic E-state index is 13.1. The summed E-state index contributed by atoms with van der Waals surface area (Å²) in [6.45, 7) is 5.15. The lowest BCUT2D eigenvalue weighted by molar-refractivity contribution is 0.186. The number of aliphatic hydroxyl groups is 1. The van der Waals surface area contributed by atoms with Crippen LogP contribution in [0.15, 0.2) is 71.6 Å². The van der Waals surface area contributed by atoms with Gasteiger partial charge in [0.25, 0.3) is 10.0 Å². The minimum Gasteiger partial charge on any atom is -0.497 e. The number of amides is 2. The van der Waals surface area contributed by atoms with E-state index >= 15 is 0 Å². The molecule has 2 amide bonds. The number of ether oxygens (including phenoxy) is 2. The van der Waals surface area contributed by atoms with Gasteiger partial charge < -0.3 is 25.6 Å². The highest BCUT2D eigenvalue weighted by molar-refractivity contribution is 7.90. The molecule has 0 aromatic heterocycles. The number of urea groups is 1. The van der Waals surface area contributed by atoms with Gasteiger partial charge in [-0.2, -0.15) is 0 Å². The van der Waals surface area contributed by atoms with E-state index in [0.717, 1.165) is 16.9 Å². The predicted octanol–water partition coefficient (Wildman–Crippen LogP) is 3.89. The normalized spacial score (nSPS) is 12.5. The Bertz CT molecular complexity index is 1300. The summed E-state index contributed by atoms with van der Waals surface area (Å²) in [5.41, 5.74) is 6.76. The van der Waals surface area contributed by atoms with Crippen molar-refractivity contribution in [1.82, 2.24) is 10.0 Å². The zero-order chi connectivity index (χ0) is 25.8. The van der Waals surface area contributed by atoms with Crippen LogP contribution in [0.4, 0.5) is 4.79 Å². The fourth-order valence-corrected chi connectivity index (χ4v) is 4.27. The van der Waals surface area contributed by atoms with Crippen molar-refractivity contribution in [3.05, 3.63) is 72.3 Å². The fraction of sp³-hybridized carbons (Fsp3) is 0.240. The van der Waals surface area contributed by atoms with E-state index in [-0.39, 0.29) is 16.2 Å². The third kappa shape index (κ3) is 6.95. The fourth-order valence-electron chi connectivity index (χ4n) is 3.20. The van der Waals surface area contributed by atoms with E-state index in [4.69, 9.17) is 15.2 Å². The number of nitrogens with two attached hydrogens (primary N) is 1. The van der Waals surface area contributed by atoms with Crippen LogP contribution in [0, 0.1) is 0 Å². The molecule has 0 aliphatic carbocycles. The van der Waals surface area contributed by atoms with E-state index in [9.17, 15) is 18.3 Å². The first-order chi connectivity index (χ1) is 16.4. The van der Waals surface area contributed by atoms with Crippen molar-refractivity contribution in [1.29, 1.82) is 0 Å². The molecular weight excluding hydrogens is 470 g/mol. The standard InChI is InChI=1S/C25H29N3O6S/c1-25(2,3)27-24(30)28-35(31,32)22-15-18(23(26)29)10-13-21(22)34-20-7-5-6-17(14-20)16-8-11-19(33-4)12-9-16/h5-15,23,29H,26H2,1-4H3,(H2,27,28,30). The first-order valence-corrected chi connectivity index (χ1v) is 12.2. The topological polar surface area (TPSA) is 140 Å². The van der Waals surface area contributed by atoms with Crippen molar-refractivity contribution in [2.75, 3.05) is 7.11 Å². The highest BCUT2D eigenvalue weighted by Crippen LogP contribution is 2.33. The van der Waals surface area contributed by atoms with Gasteiger partial charge in [0.05, 0.1) is 7.11 Å². The average Bonchev–Trinajstić information content (AvgIpc) is 2.77. The molecule has 10 heteroatoms. The monoisotopic (exact) mass is 499 g/mol. The Kier molecular flexibility index (Phi) is 7.69. The van der Waals surface area contributed by atoms with Gasteiger partial charge in [0.15, 0.2) is 0 Å². The SMILES string of the molecule is COc1ccc(-c2cccc(Oc3ccc(C(N)O)cc3S(=O)(=O)NC(=O)NC(C)(C)C)c2)cc1. The second-order valence-corrected chi connectivity index (χ2v) is 10.5. The summed E-state index contributed by atoms with van der Waals surface area (Å²) in [6, 6.07) is 17.6. The number of methoxy groups -OCH3 is 1. The van der Waals surface area contributed by atoms with Crippen LogP contribution in [0.2, 0.25) is 0 Å². The minimum atomic E-state index is -4.38. The molecule has 3 aromatic rings. The van der Waals surface area contributed by atoms with Crippen molar-refractivity contribution < 1.29 is 27.8 Å². The van der Waals surface area contributed by atoms with Crippen molar-refractivity contribution in [3.8, 4) is 28.4 Å². The predicted molar refractivity (Wildman–Crippen MR) is 133 cm³/mol. The number of aliphatic hydroxyl groups excluding tert-OH is 1.